The number of amides is 1. The van der Waals surface area contributed by atoms with E-state index in [0.29, 0.717) is 17.6 Å². The average molecular weight is 595 g/mol. The van der Waals surface area contributed by atoms with Gasteiger partial charge in [0.05, 0.1) is 4.90 Å². The van der Waals surface area contributed by atoms with Gasteiger partial charge in [0.2, 0.25) is 0 Å². The van der Waals surface area contributed by atoms with Crippen LogP contribution in [0.5, 0.6) is 0 Å². The third kappa shape index (κ3) is 7.07. The van der Waals surface area contributed by atoms with Crippen molar-refractivity contribution >= 4 is 21.4 Å². The van der Waals surface area contributed by atoms with Gasteiger partial charge in [-0.3, -0.25) is 4.79 Å². The number of carbonyl (C=O) groups is 1. The van der Waals surface area contributed by atoms with Crippen LogP contribution in [-0.4, -0.2) is 76.1 Å². The third-order valence-electron chi connectivity index (χ3n) is 8.80. The molecule has 1 fully saturated rings. The van der Waals surface area contributed by atoms with Gasteiger partial charge in [-0.1, -0.05) is 12.1 Å². The van der Waals surface area contributed by atoms with Gasteiger partial charge in [-0.15, -0.1) is 0 Å². The molecule has 1 aliphatic heterocycles. The fraction of sp³-hybridized carbons (Fsp3) is 0.485. The highest BCUT2D eigenvalue weighted by atomic mass is 32.2. The first-order valence-corrected chi connectivity index (χ1v) is 16.7. The molecule has 0 saturated heterocycles. The van der Waals surface area contributed by atoms with Crippen molar-refractivity contribution in [3.8, 4) is 11.1 Å². The van der Waals surface area contributed by atoms with Crippen LogP contribution in [0.25, 0.3) is 11.1 Å². The van der Waals surface area contributed by atoms with Crippen molar-refractivity contribution in [3.63, 3.8) is 0 Å². The number of nitrogens with zero attached hydrogens (tertiary/aromatic N) is 2. The van der Waals surface area contributed by atoms with Gasteiger partial charge in [0.15, 0.2) is 9.84 Å². The summed E-state index contributed by atoms with van der Waals surface area (Å²) in [6, 6.07) is 11.8. The van der Waals surface area contributed by atoms with E-state index in [2.05, 4.69) is 47.5 Å². The molecule has 1 atom stereocenters. The van der Waals surface area contributed by atoms with Crippen LogP contribution in [0.1, 0.15) is 62.4 Å². The Balaban J connectivity index is 1.72. The molecule has 4 rings (SSSR count). The Labute approximate surface area is 251 Å². The summed E-state index contributed by atoms with van der Waals surface area (Å²) in [5, 5.41) is 16.6. The predicted molar refractivity (Wildman–Crippen MR) is 170 cm³/mol. The van der Waals surface area contributed by atoms with E-state index in [1.807, 2.05) is 32.9 Å². The first-order valence-electron chi connectivity index (χ1n) is 14.8. The van der Waals surface area contributed by atoms with Gasteiger partial charge >= 0.3 is 0 Å². The maximum absolute atomic E-state index is 13.8. The number of anilines is 1. The SMILES string of the molecule is CCN(c1cc(-c2ccc(S(C)(=O)=O)cc2)cc(C(=O)NCC2=C(C)C=C(C)NC2O)c1C)[C@H]1CC[C@H](N(C)C)CC1. The molecule has 0 aromatic heterocycles. The lowest BCUT2D eigenvalue weighted by atomic mass is 9.88. The van der Waals surface area contributed by atoms with Gasteiger partial charge in [-0.25, -0.2) is 8.42 Å². The zero-order valence-electron chi connectivity index (χ0n) is 26.0. The van der Waals surface area contributed by atoms with Crippen LogP contribution in [0.3, 0.4) is 0 Å². The van der Waals surface area contributed by atoms with Crippen molar-refractivity contribution in [2.24, 2.45) is 0 Å². The van der Waals surface area contributed by atoms with E-state index in [4.69, 9.17) is 0 Å². The molecule has 2 aliphatic rings. The molecule has 9 heteroatoms. The molecule has 1 unspecified atom stereocenters. The number of benzene rings is 2. The second-order valence-electron chi connectivity index (χ2n) is 11.9. The minimum absolute atomic E-state index is 0.213. The molecular formula is C33H46N4O4S. The van der Waals surface area contributed by atoms with E-state index < -0.39 is 16.1 Å². The summed E-state index contributed by atoms with van der Waals surface area (Å²) < 4.78 is 24.1. The minimum atomic E-state index is -3.32. The molecule has 1 saturated carbocycles. The van der Waals surface area contributed by atoms with Crippen molar-refractivity contribution in [3.05, 3.63) is 70.4 Å². The van der Waals surface area contributed by atoms with Crippen molar-refractivity contribution in [1.82, 2.24) is 15.5 Å². The largest absolute Gasteiger partial charge is 0.370 e. The van der Waals surface area contributed by atoms with Crippen molar-refractivity contribution in [2.75, 3.05) is 38.3 Å². The van der Waals surface area contributed by atoms with Crippen LogP contribution in [-0.2, 0) is 9.84 Å². The summed E-state index contributed by atoms with van der Waals surface area (Å²) in [7, 11) is 0.971. The monoisotopic (exact) mass is 594 g/mol. The van der Waals surface area contributed by atoms with Gasteiger partial charge in [0, 0.05) is 53.9 Å². The summed E-state index contributed by atoms with van der Waals surface area (Å²) in [6.07, 6.45) is 6.73. The van der Waals surface area contributed by atoms with Crippen molar-refractivity contribution < 1.29 is 18.3 Å². The van der Waals surface area contributed by atoms with E-state index in [1.165, 1.54) is 6.26 Å². The molecule has 42 heavy (non-hydrogen) atoms. The summed E-state index contributed by atoms with van der Waals surface area (Å²) in [5.41, 5.74) is 6.74. The zero-order valence-corrected chi connectivity index (χ0v) is 26.8. The molecule has 0 radical (unpaired) electrons. The van der Waals surface area contributed by atoms with E-state index in [9.17, 15) is 18.3 Å². The number of aliphatic hydroxyl groups is 1. The molecule has 228 valence electrons. The topological polar surface area (TPSA) is 102 Å². The summed E-state index contributed by atoms with van der Waals surface area (Å²) in [4.78, 5) is 18.8. The Bertz CT molecular complexity index is 1470. The number of sulfone groups is 1. The highest BCUT2D eigenvalue weighted by Gasteiger charge is 2.29. The normalized spacial score (nSPS) is 21.2. The van der Waals surface area contributed by atoms with E-state index in [0.717, 1.165) is 71.4 Å². The summed E-state index contributed by atoms with van der Waals surface area (Å²) in [5.74, 6) is -0.213. The van der Waals surface area contributed by atoms with Crippen LogP contribution in [0, 0.1) is 6.92 Å². The zero-order chi connectivity index (χ0) is 30.8. The Kier molecular flexibility index (Phi) is 9.85. The van der Waals surface area contributed by atoms with Gasteiger partial charge in [-0.05, 0) is 120 Å². The highest BCUT2D eigenvalue weighted by Crippen LogP contribution is 2.36. The second-order valence-corrected chi connectivity index (χ2v) is 14.0. The van der Waals surface area contributed by atoms with E-state index >= 15 is 0 Å². The van der Waals surface area contributed by atoms with Gasteiger partial charge < -0.3 is 25.5 Å². The van der Waals surface area contributed by atoms with Crippen LogP contribution in [0.4, 0.5) is 5.69 Å². The number of allylic oxidation sites excluding steroid dienone is 3. The summed E-state index contributed by atoms with van der Waals surface area (Å²) >= 11 is 0. The smallest absolute Gasteiger partial charge is 0.251 e. The van der Waals surface area contributed by atoms with Gasteiger partial charge in [0.1, 0.15) is 6.23 Å². The fourth-order valence-electron chi connectivity index (χ4n) is 6.29. The molecule has 3 N–H and O–H groups in total. The molecule has 2 aromatic carbocycles. The molecule has 0 spiro atoms. The van der Waals surface area contributed by atoms with Crippen LogP contribution in [0.15, 0.2) is 64.2 Å². The first-order chi connectivity index (χ1) is 19.8. The molecule has 1 amide bonds. The Morgan fingerprint density at radius 2 is 1.62 bits per heavy atom. The van der Waals surface area contributed by atoms with Crippen LogP contribution in [0.2, 0.25) is 0 Å². The van der Waals surface area contributed by atoms with Gasteiger partial charge in [-0.2, -0.15) is 0 Å². The lowest BCUT2D eigenvalue weighted by molar-refractivity contribution is 0.0952. The predicted octanol–water partition coefficient (Wildman–Crippen LogP) is 4.64. The Morgan fingerprint density at radius 1 is 1.00 bits per heavy atom. The Morgan fingerprint density at radius 3 is 2.17 bits per heavy atom. The maximum atomic E-state index is 13.8. The first kappa shape index (κ1) is 31.8. The number of aliphatic hydroxyl groups excluding tert-OH is 1. The molecule has 0 bridgehead atoms. The quantitative estimate of drug-likeness (QED) is 0.389. The van der Waals surface area contributed by atoms with Crippen LogP contribution < -0.4 is 15.5 Å². The number of nitrogens with one attached hydrogen (secondary N) is 2. The maximum Gasteiger partial charge on any atom is 0.251 e. The minimum Gasteiger partial charge on any atom is -0.370 e. The van der Waals surface area contributed by atoms with Crippen LogP contribution >= 0.6 is 0 Å². The van der Waals surface area contributed by atoms with E-state index in [1.54, 1.807) is 24.3 Å². The second kappa shape index (κ2) is 13.0. The molecular weight excluding hydrogens is 548 g/mol. The number of hydrogen-bond acceptors (Lipinski definition) is 7. The summed E-state index contributed by atoms with van der Waals surface area (Å²) in [6.45, 7) is 9.02. The molecule has 1 heterocycles. The molecule has 1 aliphatic carbocycles. The number of rotatable bonds is 9. The lowest BCUT2D eigenvalue weighted by Gasteiger charge is -2.40. The number of dihydropyridines is 1. The average Bonchev–Trinajstić information content (AvgIpc) is 2.93. The standard InChI is InChI=1S/C33H46N4O4S/c1-8-37(27-13-11-26(12-14-27)36(5)6)31-19-25(24-9-15-28(16-10-24)42(7,40)41)18-29(23(31)4)32(38)34-20-30-21(2)17-22(3)35-33(30)39/h9-10,15-19,26-27,33,35,39H,8,11-14,20H2,1-7H3,(H,34,38)/t26-,27-,33?. The van der Waals surface area contributed by atoms with Gasteiger partial charge in [0.25, 0.3) is 5.91 Å². The molecule has 2 aromatic rings. The Hall–Kier alpha value is -3.14. The molecule has 8 nitrogen and oxygen atoms in total. The fourth-order valence-corrected chi connectivity index (χ4v) is 6.92. The highest BCUT2D eigenvalue weighted by molar-refractivity contribution is 7.90. The lowest BCUT2D eigenvalue weighted by Crippen LogP contribution is -2.42. The number of carbonyl (C=O) groups excluding carboxylic acids is 1. The number of hydrogen-bond donors (Lipinski definition) is 3. The van der Waals surface area contributed by atoms with Crippen molar-refractivity contribution in [1.29, 1.82) is 0 Å². The van der Waals surface area contributed by atoms with E-state index in [-0.39, 0.29) is 17.3 Å². The third-order valence-corrected chi connectivity index (χ3v) is 9.93. The van der Waals surface area contributed by atoms with Crippen molar-refractivity contribution in [2.45, 2.75) is 76.6 Å².